The molecule has 108 valence electrons. The highest BCUT2D eigenvalue weighted by Gasteiger charge is 2.20. The zero-order valence-corrected chi connectivity index (χ0v) is 12.7. The van der Waals surface area contributed by atoms with E-state index >= 15 is 0 Å². The van der Waals surface area contributed by atoms with E-state index in [2.05, 4.69) is 34.4 Å². The van der Waals surface area contributed by atoms with E-state index in [1.807, 2.05) is 12.1 Å². The number of nitrogens with zero attached hydrogens (tertiary/aromatic N) is 1. The summed E-state index contributed by atoms with van der Waals surface area (Å²) >= 11 is 6.01. The van der Waals surface area contributed by atoms with Gasteiger partial charge in [-0.15, -0.1) is 0 Å². The summed E-state index contributed by atoms with van der Waals surface area (Å²) in [5.41, 5.74) is 2.44. The van der Waals surface area contributed by atoms with E-state index in [1.54, 1.807) is 0 Å². The maximum atomic E-state index is 6.01. The van der Waals surface area contributed by atoms with Crippen molar-refractivity contribution in [1.82, 2.24) is 15.2 Å². The molecule has 0 saturated carbocycles. The number of hydrogen-bond donors (Lipinski definition) is 2. The van der Waals surface area contributed by atoms with Crippen molar-refractivity contribution < 1.29 is 0 Å². The number of rotatable bonds is 5. The van der Waals surface area contributed by atoms with Crippen molar-refractivity contribution in [3.63, 3.8) is 0 Å². The molecule has 0 spiro atoms. The fraction of sp³-hybridized carbons (Fsp3) is 0.500. The summed E-state index contributed by atoms with van der Waals surface area (Å²) in [6, 6.07) is 6.04. The third-order valence-corrected chi connectivity index (χ3v) is 4.53. The Morgan fingerprint density at radius 2 is 2.35 bits per heavy atom. The Hall–Kier alpha value is -1.03. The molecule has 1 atom stereocenters. The zero-order valence-electron chi connectivity index (χ0n) is 12.0. The molecule has 1 saturated heterocycles. The molecule has 3 rings (SSSR count). The first kappa shape index (κ1) is 13.9. The maximum Gasteiger partial charge on any atom is 0.0472 e. The molecule has 0 radical (unpaired) electrons. The highest BCUT2D eigenvalue weighted by atomic mass is 35.5. The van der Waals surface area contributed by atoms with Crippen molar-refractivity contribution in [2.45, 2.75) is 19.9 Å². The van der Waals surface area contributed by atoms with Crippen LogP contribution in [0, 0.1) is 5.92 Å². The standard InChI is InChI=1S/C16H22ClN3/c1-2-20-6-5-12(11-20)8-18-9-13-10-19-16-7-14(17)3-4-15(13)16/h3-4,7,10,12,18-19H,2,5-6,8-9,11H2,1H3. The lowest BCUT2D eigenvalue weighted by molar-refractivity contribution is 0.339. The summed E-state index contributed by atoms with van der Waals surface area (Å²) in [7, 11) is 0. The molecule has 1 aliphatic rings. The number of hydrogen-bond acceptors (Lipinski definition) is 2. The van der Waals surface area contributed by atoms with E-state index < -0.39 is 0 Å². The van der Waals surface area contributed by atoms with Gasteiger partial charge in [-0.1, -0.05) is 24.6 Å². The predicted octanol–water partition coefficient (Wildman–Crippen LogP) is 3.25. The van der Waals surface area contributed by atoms with E-state index in [-0.39, 0.29) is 0 Å². The number of nitrogens with one attached hydrogen (secondary N) is 2. The van der Waals surface area contributed by atoms with Crippen molar-refractivity contribution in [2.75, 3.05) is 26.2 Å². The molecule has 0 amide bonds. The maximum absolute atomic E-state index is 6.01. The highest BCUT2D eigenvalue weighted by Crippen LogP contribution is 2.22. The second-order valence-electron chi connectivity index (χ2n) is 5.68. The Morgan fingerprint density at radius 1 is 1.45 bits per heavy atom. The lowest BCUT2D eigenvalue weighted by Crippen LogP contribution is -2.26. The molecule has 2 N–H and O–H groups in total. The highest BCUT2D eigenvalue weighted by molar-refractivity contribution is 6.31. The molecule has 1 aromatic carbocycles. The summed E-state index contributed by atoms with van der Waals surface area (Å²) in [6.45, 7) is 7.95. The average Bonchev–Trinajstić information content (AvgIpc) is 3.06. The lowest BCUT2D eigenvalue weighted by Gasteiger charge is -2.13. The summed E-state index contributed by atoms with van der Waals surface area (Å²) in [5.74, 6) is 0.801. The van der Waals surface area contributed by atoms with Gasteiger partial charge in [0.25, 0.3) is 0 Å². The molecule has 0 aliphatic carbocycles. The Morgan fingerprint density at radius 3 is 3.15 bits per heavy atom. The van der Waals surface area contributed by atoms with Crippen LogP contribution in [0.2, 0.25) is 5.02 Å². The van der Waals surface area contributed by atoms with Gasteiger partial charge in [0, 0.05) is 35.2 Å². The van der Waals surface area contributed by atoms with Gasteiger partial charge < -0.3 is 15.2 Å². The lowest BCUT2D eigenvalue weighted by atomic mass is 10.1. The molecule has 1 unspecified atom stereocenters. The van der Waals surface area contributed by atoms with Crippen molar-refractivity contribution in [3.8, 4) is 0 Å². The molecule has 2 aromatic rings. The molecule has 0 bridgehead atoms. The van der Waals surface area contributed by atoms with Gasteiger partial charge in [0.1, 0.15) is 0 Å². The van der Waals surface area contributed by atoms with Gasteiger partial charge >= 0.3 is 0 Å². The molecule has 2 heterocycles. The van der Waals surface area contributed by atoms with Crippen LogP contribution in [0.4, 0.5) is 0 Å². The molecular weight excluding hydrogens is 270 g/mol. The van der Waals surface area contributed by atoms with Gasteiger partial charge in [0.05, 0.1) is 0 Å². The Bertz CT molecular complexity index is 578. The minimum atomic E-state index is 0.782. The van der Waals surface area contributed by atoms with E-state index in [9.17, 15) is 0 Å². The topological polar surface area (TPSA) is 31.1 Å². The first-order chi connectivity index (χ1) is 9.76. The fourth-order valence-electron chi connectivity index (χ4n) is 3.08. The summed E-state index contributed by atoms with van der Waals surface area (Å²) < 4.78 is 0. The smallest absolute Gasteiger partial charge is 0.0472 e. The first-order valence-corrected chi connectivity index (χ1v) is 7.82. The van der Waals surface area contributed by atoms with E-state index in [0.29, 0.717) is 0 Å². The third kappa shape index (κ3) is 3.00. The van der Waals surface area contributed by atoms with Crippen molar-refractivity contribution in [1.29, 1.82) is 0 Å². The second-order valence-corrected chi connectivity index (χ2v) is 6.12. The predicted molar refractivity (Wildman–Crippen MR) is 85.2 cm³/mol. The number of fused-ring (bicyclic) bond motifs is 1. The van der Waals surface area contributed by atoms with Crippen LogP contribution in [-0.4, -0.2) is 36.1 Å². The van der Waals surface area contributed by atoms with Crippen molar-refractivity contribution >= 4 is 22.5 Å². The largest absolute Gasteiger partial charge is 0.361 e. The van der Waals surface area contributed by atoms with Gasteiger partial charge in [-0.2, -0.15) is 0 Å². The Balaban J connectivity index is 1.55. The van der Waals surface area contributed by atoms with E-state index in [4.69, 9.17) is 11.6 Å². The molecule has 1 fully saturated rings. The SMILES string of the molecule is CCN1CCC(CNCc2c[nH]c3cc(Cl)ccc23)C1. The van der Waals surface area contributed by atoms with Gasteiger partial charge in [-0.25, -0.2) is 0 Å². The molecule has 1 aliphatic heterocycles. The van der Waals surface area contributed by atoms with Crippen molar-refractivity contribution in [2.24, 2.45) is 5.92 Å². The number of aromatic nitrogens is 1. The minimum Gasteiger partial charge on any atom is -0.361 e. The number of halogens is 1. The Kier molecular flexibility index (Phi) is 4.29. The van der Waals surface area contributed by atoms with Crippen molar-refractivity contribution in [3.05, 3.63) is 35.0 Å². The Labute approximate surface area is 125 Å². The van der Waals surface area contributed by atoms with Gasteiger partial charge in [-0.05, 0) is 49.7 Å². The van der Waals surface area contributed by atoms with Crippen LogP contribution in [0.5, 0.6) is 0 Å². The summed E-state index contributed by atoms with van der Waals surface area (Å²) in [5, 5.41) is 5.65. The van der Waals surface area contributed by atoms with Crippen LogP contribution >= 0.6 is 11.6 Å². The van der Waals surface area contributed by atoms with Gasteiger partial charge in [0.15, 0.2) is 0 Å². The van der Waals surface area contributed by atoms with Crippen LogP contribution in [0.3, 0.4) is 0 Å². The van der Waals surface area contributed by atoms with Crippen LogP contribution in [0.25, 0.3) is 10.9 Å². The van der Waals surface area contributed by atoms with Crippen LogP contribution in [0.1, 0.15) is 18.9 Å². The average molecular weight is 292 g/mol. The number of likely N-dealkylation sites (tertiary alicyclic amines) is 1. The minimum absolute atomic E-state index is 0.782. The van der Waals surface area contributed by atoms with Gasteiger partial charge in [-0.3, -0.25) is 0 Å². The van der Waals surface area contributed by atoms with Crippen LogP contribution < -0.4 is 5.32 Å². The molecule has 20 heavy (non-hydrogen) atoms. The summed E-state index contributed by atoms with van der Waals surface area (Å²) in [6.07, 6.45) is 3.41. The fourth-order valence-corrected chi connectivity index (χ4v) is 3.25. The quantitative estimate of drug-likeness (QED) is 0.886. The summed E-state index contributed by atoms with van der Waals surface area (Å²) in [4.78, 5) is 5.82. The van der Waals surface area contributed by atoms with Crippen LogP contribution in [-0.2, 0) is 6.54 Å². The number of aromatic amines is 1. The first-order valence-electron chi connectivity index (χ1n) is 7.45. The number of H-pyrrole nitrogens is 1. The zero-order chi connectivity index (χ0) is 13.9. The van der Waals surface area contributed by atoms with E-state index in [1.165, 1.54) is 37.0 Å². The van der Waals surface area contributed by atoms with E-state index in [0.717, 1.165) is 29.5 Å². The normalized spacial score (nSPS) is 20.0. The van der Waals surface area contributed by atoms with Gasteiger partial charge in [0.2, 0.25) is 0 Å². The molecular formula is C16H22ClN3. The number of benzene rings is 1. The molecule has 4 heteroatoms. The van der Waals surface area contributed by atoms with Crippen LogP contribution in [0.15, 0.2) is 24.4 Å². The third-order valence-electron chi connectivity index (χ3n) is 4.30. The molecule has 1 aromatic heterocycles. The second kappa shape index (κ2) is 6.17. The molecule has 3 nitrogen and oxygen atoms in total. The monoisotopic (exact) mass is 291 g/mol.